The molecule has 2 N–H and O–H groups in total. The zero-order chi connectivity index (χ0) is 14.7. The van der Waals surface area contributed by atoms with Crippen LogP contribution in [0.3, 0.4) is 0 Å². The van der Waals surface area contributed by atoms with Crippen LogP contribution in [-0.2, 0) is 16.6 Å². The van der Waals surface area contributed by atoms with E-state index in [1.807, 2.05) is 6.07 Å². The molecule has 0 radical (unpaired) electrons. The highest BCUT2D eigenvalue weighted by molar-refractivity contribution is 9.10. The molecule has 0 saturated carbocycles. The summed E-state index contributed by atoms with van der Waals surface area (Å²) in [7, 11) is -1.07. The number of halogens is 1. The average Bonchev–Trinajstić information content (AvgIpc) is 2.39. The quantitative estimate of drug-likeness (QED) is 0.826. The molecule has 0 aromatic heterocycles. The Hall–Kier alpha value is -1.13. The maximum absolute atomic E-state index is 12.4. The van der Waals surface area contributed by atoms with Crippen LogP contribution in [0.1, 0.15) is 30.9 Å². The molecule has 0 spiro atoms. The summed E-state index contributed by atoms with van der Waals surface area (Å²) in [6.45, 7) is 4.33. The Morgan fingerprint density at radius 1 is 1.15 bits per heavy atom. The van der Waals surface area contributed by atoms with E-state index in [1.54, 1.807) is 12.1 Å². The van der Waals surface area contributed by atoms with Gasteiger partial charge in [0.1, 0.15) is 0 Å². The number of hydrogen-bond acceptors (Lipinski definition) is 2. The van der Waals surface area contributed by atoms with Gasteiger partial charge in [-0.25, -0.2) is 0 Å². The van der Waals surface area contributed by atoms with Gasteiger partial charge < -0.3 is 5.73 Å². The molecule has 0 bridgehead atoms. The highest BCUT2D eigenvalue weighted by Crippen LogP contribution is 2.25. The van der Waals surface area contributed by atoms with Crippen molar-refractivity contribution in [2.45, 2.75) is 30.4 Å². The Balaban J connectivity index is 2.15. The largest absolute Gasteiger partial charge is 0.399 e. The topological polar surface area (TPSA) is 43.1 Å². The SMILES string of the molecule is CC(C)c1ccc(CS(=O)c2ccc(N)cc2Br)cc1. The molecule has 106 valence electrons. The van der Waals surface area contributed by atoms with Gasteiger partial charge in [0.2, 0.25) is 0 Å². The fourth-order valence-corrected chi connectivity index (χ4v) is 4.01. The van der Waals surface area contributed by atoms with Crippen molar-refractivity contribution >= 4 is 32.4 Å². The molecule has 2 nitrogen and oxygen atoms in total. The predicted molar refractivity (Wildman–Crippen MR) is 89.2 cm³/mol. The monoisotopic (exact) mass is 351 g/mol. The molecule has 0 saturated heterocycles. The summed E-state index contributed by atoms with van der Waals surface area (Å²) < 4.78 is 13.2. The first-order valence-electron chi connectivity index (χ1n) is 6.49. The molecule has 4 heteroatoms. The molecule has 1 unspecified atom stereocenters. The van der Waals surface area contributed by atoms with Gasteiger partial charge in [0.25, 0.3) is 0 Å². The highest BCUT2D eigenvalue weighted by Gasteiger charge is 2.10. The average molecular weight is 352 g/mol. The molecule has 2 aromatic rings. The number of hydrogen-bond donors (Lipinski definition) is 1. The minimum Gasteiger partial charge on any atom is -0.399 e. The smallest absolute Gasteiger partial charge is 0.0585 e. The van der Waals surface area contributed by atoms with Crippen LogP contribution in [0.2, 0.25) is 0 Å². The molecule has 0 amide bonds. The highest BCUT2D eigenvalue weighted by atomic mass is 79.9. The maximum Gasteiger partial charge on any atom is 0.0585 e. The number of anilines is 1. The van der Waals surface area contributed by atoms with Crippen molar-refractivity contribution in [2.24, 2.45) is 0 Å². The molecule has 0 heterocycles. The van der Waals surface area contributed by atoms with Gasteiger partial charge in [0, 0.05) is 10.2 Å². The van der Waals surface area contributed by atoms with Crippen molar-refractivity contribution in [1.82, 2.24) is 0 Å². The number of benzene rings is 2. The van der Waals surface area contributed by atoms with Gasteiger partial charge in [-0.15, -0.1) is 0 Å². The van der Waals surface area contributed by atoms with Crippen LogP contribution in [0.5, 0.6) is 0 Å². The van der Waals surface area contributed by atoms with Gasteiger partial charge in [0.05, 0.1) is 21.4 Å². The summed E-state index contributed by atoms with van der Waals surface area (Å²) in [6.07, 6.45) is 0. The van der Waals surface area contributed by atoms with Crippen LogP contribution in [0.25, 0.3) is 0 Å². The second-order valence-electron chi connectivity index (χ2n) is 5.08. The minimum atomic E-state index is -1.07. The lowest BCUT2D eigenvalue weighted by Crippen LogP contribution is -1.99. The minimum absolute atomic E-state index is 0.515. The van der Waals surface area contributed by atoms with Gasteiger partial charge >= 0.3 is 0 Å². The molecule has 2 aromatic carbocycles. The maximum atomic E-state index is 12.4. The molecule has 1 atom stereocenters. The van der Waals surface area contributed by atoms with Crippen LogP contribution in [0.15, 0.2) is 51.8 Å². The van der Waals surface area contributed by atoms with Crippen molar-refractivity contribution in [3.8, 4) is 0 Å². The van der Waals surface area contributed by atoms with Gasteiger partial charge in [-0.2, -0.15) is 0 Å². The summed E-state index contributed by atoms with van der Waals surface area (Å²) in [5, 5.41) is 0. The Labute approximate surface area is 131 Å². The normalized spacial score (nSPS) is 12.6. The summed E-state index contributed by atoms with van der Waals surface area (Å²) in [5.41, 5.74) is 8.74. The summed E-state index contributed by atoms with van der Waals surface area (Å²) in [4.78, 5) is 0.784. The van der Waals surface area contributed by atoms with Crippen LogP contribution >= 0.6 is 15.9 Å². The van der Waals surface area contributed by atoms with Crippen molar-refractivity contribution in [3.05, 3.63) is 58.1 Å². The predicted octanol–water partition coefficient (Wildman–Crippen LogP) is 4.46. The Morgan fingerprint density at radius 3 is 2.35 bits per heavy atom. The van der Waals surface area contributed by atoms with Crippen LogP contribution in [0, 0.1) is 0 Å². The second kappa shape index (κ2) is 6.55. The van der Waals surface area contributed by atoms with E-state index >= 15 is 0 Å². The third kappa shape index (κ3) is 3.70. The molecule has 0 aliphatic carbocycles. The Kier molecular flexibility index (Phi) is 5.00. The molecular weight excluding hydrogens is 334 g/mol. The third-order valence-corrected chi connectivity index (χ3v) is 5.51. The van der Waals surface area contributed by atoms with Crippen LogP contribution < -0.4 is 5.73 Å². The summed E-state index contributed by atoms with van der Waals surface area (Å²) >= 11 is 3.42. The first kappa shape index (κ1) is 15.3. The molecule has 0 fully saturated rings. The molecule has 0 aliphatic rings. The molecule has 2 rings (SSSR count). The van der Waals surface area contributed by atoms with E-state index in [1.165, 1.54) is 5.56 Å². The van der Waals surface area contributed by atoms with Gasteiger partial charge in [-0.05, 0) is 51.2 Å². The fraction of sp³-hybridized carbons (Fsp3) is 0.250. The number of rotatable bonds is 4. The first-order valence-corrected chi connectivity index (χ1v) is 8.61. The summed E-state index contributed by atoms with van der Waals surface area (Å²) in [5.74, 6) is 1.03. The van der Waals surface area contributed by atoms with E-state index in [4.69, 9.17) is 5.73 Å². The van der Waals surface area contributed by atoms with Crippen LogP contribution in [0.4, 0.5) is 5.69 Å². The molecule has 0 aliphatic heterocycles. The molecular formula is C16H18BrNOS. The Morgan fingerprint density at radius 2 is 1.80 bits per heavy atom. The zero-order valence-corrected chi connectivity index (χ0v) is 14.0. The van der Waals surface area contributed by atoms with Crippen molar-refractivity contribution in [3.63, 3.8) is 0 Å². The van der Waals surface area contributed by atoms with Gasteiger partial charge in [-0.1, -0.05) is 38.1 Å². The molecule has 20 heavy (non-hydrogen) atoms. The first-order chi connectivity index (χ1) is 9.47. The lowest BCUT2D eigenvalue weighted by molar-refractivity contribution is 0.682. The number of nitrogens with two attached hydrogens (primary N) is 1. The zero-order valence-electron chi connectivity index (χ0n) is 11.6. The van der Waals surface area contributed by atoms with Gasteiger partial charge in [-0.3, -0.25) is 4.21 Å². The lowest BCUT2D eigenvalue weighted by Gasteiger charge is -2.08. The van der Waals surface area contributed by atoms with Gasteiger partial charge in [0.15, 0.2) is 0 Å². The van der Waals surface area contributed by atoms with E-state index in [0.717, 1.165) is 14.9 Å². The van der Waals surface area contributed by atoms with E-state index in [-0.39, 0.29) is 0 Å². The lowest BCUT2D eigenvalue weighted by atomic mass is 10.0. The fourth-order valence-electron chi connectivity index (χ4n) is 1.93. The van der Waals surface area contributed by atoms with E-state index in [2.05, 4.69) is 54.0 Å². The van der Waals surface area contributed by atoms with E-state index < -0.39 is 10.8 Å². The van der Waals surface area contributed by atoms with E-state index in [0.29, 0.717) is 17.4 Å². The van der Waals surface area contributed by atoms with Crippen LogP contribution in [-0.4, -0.2) is 4.21 Å². The Bertz CT molecular complexity index is 623. The van der Waals surface area contributed by atoms with Crippen molar-refractivity contribution < 1.29 is 4.21 Å². The summed E-state index contributed by atoms with van der Waals surface area (Å²) in [6, 6.07) is 13.7. The third-order valence-electron chi connectivity index (χ3n) is 3.15. The van der Waals surface area contributed by atoms with Crippen molar-refractivity contribution in [1.29, 1.82) is 0 Å². The van der Waals surface area contributed by atoms with Crippen molar-refractivity contribution in [2.75, 3.05) is 5.73 Å². The standard InChI is InChI=1S/C16H18BrNOS/c1-11(2)13-5-3-12(4-6-13)10-20(19)16-8-7-14(18)9-15(16)17/h3-9,11H,10,18H2,1-2H3. The number of nitrogen functional groups attached to an aromatic ring is 1. The van der Waals surface area contributed by atoms with E-state index in [9.17, 15) is 4.21 Å². The second-order valence-corrected chi connectivity index (χ2v) is 7.35.